The zero-order valence-corrected chi connectivity index (χ0v) is 14.5. The molecule has 1 saturated carbocycles. The lowest BCUT2D eigenvalue weighted by Crippen LogP contribution is -2.53. The number of amides is 1. The molecule has 2 aliphatic rings. The maximum Gasteiger partial charge on any atom is 0.255 e. The molecule has 1 aromatic rings. The molecule has 1 aliphatic heterocycles. The van der Waals surface area contributed by atoms with Crippen molar-refractivity contribution in [3.63, 3.8) is 0 Å². The SMILES string of the molecule is CC(C)Oc1ccc(C(=O)N2CCN([C@H]3CCC[C@H]3O)CC2)cn1. The van der Waals surface area contributed by atoms with Crippen molar-refractivity contribution in [2.45, 2.75) is 51.4 Å². The molecule has 6 nitrogen and oxygen atoms in total. The minimum Gasteiger partial charge on any atom is -0.475 e. The molecular weight excluding hydrogens is 306 g/mol. The van der Waals surface area contributed by atoms with Crippen LogP contribution in [0.5, 0.6) is 5.88 Å². The first-order valence-electron chi connectivity index (χ1n) is 8.88. The van der Waals surface area contributed by atoms with Crippen LogP contribution < -0.4 is 4.74 Å². The highest BCUT2D eigenvalue weighted by atomic mass is 16.5. The largest absolute Gasteiger partial charge is 0.475 e. The van der Waals surface area contributed by atoms with E-state index in [1.54, 1.807) is 18.3 Å². The van der Waals surface area contributed by atoms with Gasteiger partial charge in [-0.25, -0.2) is 4.98 Å². The standard InChI is InChI=1S/C18H27N3O3/c1-13(2)24-17-7-6-14(12-19-17)18(23)21-10-8-20(9-11-21)15-4-3-5-16(15)22/h6-7,12-13,15-16,22H,3-5,8-11H2,1-2H3/t15-,16+/m0/s1. The van der Waals surface area contributed by atoms with Crippen LogP contribution in [0.1, 0.15) is 43.5 Å². The predicted octanol–water partition coefficient (Wildman–Crippen LogP) is 1.54. The van der Waals surface area contributed by atoms with Crippen LogP contribution in [-0.2, 0) is 0 Å². The summed E-state index contributed by atoms with van der Waals surface area (Å²) in [6.07, 6.45) is 4.52. The number of aliphatic hydroxyl groups is 1. The second-order valence-electron chi connectivity index (χ2n) is 6.95. The number of carbonyl (C=O) groups excluding carboxylic acids is 1. The fourth-order valence-corrected chi connectivity index (χ4v) is 3.60. The van der Waals surface area contributed by atoms with Crippen LogP contribution in [0.3, 0.4) is 0 Å². The van der Waals surface area contributed by atoms with Gasteiger partial charge in [-0.15, -0.1) is 0 Å². The summed E-state index contributed by atoms with van der Waals surface area (Å²) in [6.45, 7) is 6.95. The molecule has 1 N–H and O–H groups in total. The molecule has 2 atom stereocenters. The Labute approximate surface area is 143 Å². The van der Waals surface area contributed by atoms with Crippen LogP contribution in [0.25, 0.3) is 0 Å². The summed E-state index contributed by atoms with van der Waals surface area (Å²) in [5.74, 6) is 0.562. The number of hydrogen-bond donors (Lipinski definition) is 1. The molecule has 24 heavy (non-hydrogen) atoms. The first kappa shape index (κ1) is 17.2. The summed E-state index contributed by atoms with van der Waals surface area (Å²) >= 11 is 0. The highest BCUT2D eigenvalue weighted by Gasteiger charge is 2.33. The van der Waals surface area contributed by atoms with Gasteiger partial charge in [0.25, 0.3) is 5.91 Å². The third-order valence-electron chi connectivity index (χ3n) is 4.85. The van der Waals surface area contributed by atoms with Crippen LogP contribution in [0.2, 0.25) is 0 Å². The van der Waals surface area contributed by atoms with E-state index in [0.29, 0.717) is 24.5 Å². The molecule has 1 aromatic heterocycles. The van der Waals surface area contributed by atoms with Gasteiger partial charge >= 0.3 is 0 Å². The molecule has 3 rings (SSSR count). The van der Waals surface area contributed by atoms with E-state index in [0.717, 1.165) is 32.4 Å². The lowest BCUT2D eigenvalue weighted by Gasteiger charge is -2.39. The van der Waals surface area contributed by atoms with Gasteiger partial charge in [0, 0.05) is 44.5 Å². The Morgan fingerprint density at radius 2 is 2.00 bits per heavy atom. The van der Waals surface area contributed by atoms with Gasteiger partial charge in [0.05, 0.1) is 17.8 Å². The average molecular weight is 333 g/mol. The summed E-state index contributed by atoms with van der Waals surface area (Å²) in [5, 5.41) is 10.0. The fraction of sp³-hybridized carbons (Fsp3) is 0.667. The molecule has 0 radical (unpaired) electrons. The number of carbonyl (C=O) groups is 1. The Kier molecular flexibility index (Phi) is 5.36. The normalized spacial score (nSPS) is 25.2. The Balaban J connectivity index is 1.55. The van der Waals surface area contributed by atoms with E-state index in [2.05, 4.69) is 9.88 Å². The van der Waals surface area contributed by atoms with Gasteiger partial charge in [0.1, 0.15) is 0 Å². The lowest BCUT2D eigenvalue weighted by atomic mass is 10.1. The second kappa shape index (κ2) is 7.49. The van der Waals surface area contributed by atoms with Crippen LogP contribution >= 0.6 is 0 Å². The van der Waals surface area contributed by atoms with Crippen LogP contribution in [0, 0.1) is 0 Å². The van der Waals surface area contributed by atoms with Crippen LogP contribution in [0.4, 0.5) is 0 Å². The smallest absolute Gasteiger partial charge is 0.255 e. The van der Waals surface area contributed by atoms with Gasteiger partial charge in [-0.2, -0.15) is 0 Å². The summed E-state index contributed by atoms with van der Waals surface area (Å²) in [5.41, 5.74) is 0.598. The summed E-state index contributed by atoms with van der Waals surface area (Å²) in [4.78, 5) is 21.0. The zero-order chi connectivity index (χ0) is 17.1. The van der Waals surface area contributed by atoms with Crippen molar-refractivity contribution in [2.75, 3.05) is 26.2 Å². The van der Waals surface area contributed by atoms with Crippen molar-refractivity contribution in [1.82, 2.24) is 14.8 Å². The van der Waals surface area contributed by atoms with E-state index in [1.807, 2.05) is 18.7 Å². The Bertz CT molecular complexity index is 553. The van der Waals surface area contributed by atoms with Crippen molar-refractivity contribution in [2.24, 2.45) is 0 Å². The quantitative estimate of drug-likeness (QED) is 0.905. The molecule has 0 bridgehead atoms. The number of aromatic nitrogens is 1. The van der Waals surface area contributed by atoms with Gasteiger partial charge in [0.2, 0.25) is 5.88 Å². The molecule has 132 valence electrons. The van der Waals surface area contributed by atoms with Crippen molar-refractivity contribution in [3.05, 3.63) is 23.9 Å². The van der Waals surface area contributed by atoms with E-state index in [1.165, 1.54) is 0 Å². The maximum atomic E-state index is 12.6. The molecule has 0 spiro atoms. The molecule has 2 fully saturated rings. The Hall–Kier alpha value is -1.66. The van der Waals surface area contributed by atoms with E-state index in [4.69, 9.17) is 4.74 Å². The second-order valence-corrected chi connectivity index (χ2v) is 6.95. The van der Waals surface area contributed by atoms with Gasteiger partial charge in [-0.3, -0.25) is 9.69 Å². The zero-order valence-electron chi connectivity index (χ0n) is 14.5. The maximum absolute atomic E-state index is 12.6. The predicted molar refractivity (Wildman–Crippen MR) is 91.1 cm³/mol. The molecular formula is C18H27N3O3. The summed E-state index contributed by atoms with van der Waals surface area (Å²) in [6, 6.07) is 3.80. The molecule has 0 unspecified atom stereocenters. The Morgan fingerprint density at radius 3 is 2.54 bits per heavy atom. The van der Waals surface area contributed by atoms with E-state index >= 15 is 0 Å². The molecule has 6 heteroatoms. The van der Waals surface area contributed by atoms with Gasteiger partial charge in [0.15, 0.2) is 0 Å². The number of ether oxygens (including phenoxy) is 1. The Morgan fingerprint density at radius 1 is 1.25 bits per heavy atom. The summed E-state index contributed by atoms with van der Waals surface area (Å²) < 4.78 is 5.51. The summed E-state index contributed by atoms with van der Waals surface area (Å²) in [7, 11) is 0. The minimum atomic E-state index is -0.204. The fourth-order valence-electron chi connectivity index (χ4n) is 3.60. The molecule has 2 heterocycles. The molecule has 1 saturated heterocycles. The van der Waals surface area contributed by atoms with Crippen molar-refractivity contribution in [1.29, 1.82) is 0 Å². The van der Waals surface area contributed by atoms with Crippen LogP contribution in [0.15, 0.2) is 18.3 Å². The van der Waals surface area contributed by atoms with Crippen molar-refractivity contribution >= 4 is 5.91 Å². The minimum absolute atomic E-state index is 0.0187. The molecule has 0 aromatic carbocycles. The van der Waals surface area contributed by atoms with E-state index in [9.17, 15) is 9.90 Å². The topological polar surface area (TPSA) is 65.9 Å². The number of pyridine rings is 1. The number of hydrogen-bond acceptors (Lipinski definition) is 5. The van der Waals surface area contributed by atoms with Gasteiger partial charge in [-0.1, -0.05) is 0 Å². The molecule has 1 amide bonds. The molecule has 1 aliphatic carbocycles. The average Bonchev–Trinajstić information content (AvgIpc) is 3.00. The van der Waals surface area contributed by atoms with Gasteiger partial charge in [-0.05, 0) is 39.2 Å². The van der Waals surface area contributed by atoms with Gasteiger partial charge < -0.3 is 14.7 Å². The highest BCUT2D eigenvalue weighted by Crippen LogP contribution is 2.25. The van der Waals surface area contributed by atoms with Crippen molar-refractivity contribution in [3.8, 4) is 5.88 Å². The third-order valence-corrected chi connectivity index (χ3v) is 4.85. The van der Waals surface area contributed by atoms with Crippen molar-refractivity contribution < 1.29 is 14.6 Å². The highest BCUT2D eigenvalue weighted by molar-refractivity contribution is 5.94. The number of piperazine rings is 1. The van der Waals surface area contributed by atoms with E-state index in [-0.39, 0.29) is 24.2 Å². The first-order valence-corrected chi connectivity index (χ1v) is 8.88. The first-order chi connectivity index (χ1) is 11.5. The lowest BCUT2D eigenvalue weighted by molar-refractivity contribution is 0.0315. The number of rotatable bonds is 4. The third kappa shape index (κ3) is 3.87. The number of nitrogens with zero attached hydrogens (tertiary/aromatic N) is 3. The number of aliphatic hydroxyl groups excluding tert-OH is 1. The monoisotopic (exact) mass is 333 g/mol. The van der Waals surface area contributed by atoms with E-state index < -0.39 is 0 Å². The van der Waals surface area contributed by atoms with Crippen LogP contribution in [-0.4, -0.2) is 70.2 Å².